The van der Waals surface area contributed by atoms with Crippen LogP contribution in [0.5, 0.6) is 11.5 Å². The summed E-state index contributed by atoms with van der Waals surface area (Å²) in [6, 6.07) is 7.17. The summed E-state index contributed by atoms with van der Waals surface area (Å²) in [6.45, 7) is 2.88. The average molecular weight is 404 g/mol. The van der Waals surface area contributed by atoms with Crippen LogP contribution in [0.25, 0.3) is 0 Å². The number of alkyl halides is 3. The van der Waals surface area contributed by atoms with Crippen LogP contribution in [0, 0.1) is 0 Å². The molecule has 1 unspecified atom stereocenters. The first-order valence-corrected chi connectivity index (χ1v) is 8.78. The molecule has 1 aromatic carbocycles. The number of amides is 1. The molecule has 0 heterocycles. The number of rotatable bonds is 9. The molecule has 1 atom stereocenters. The Morgan fingerprint density at radius 1 is 1.29 bits per heavy atom. The minimum Gasteiger partial charge on any atom is -0.497 e. The number of nitrogens with zero attached hydrogens (tertiary/aromatic N) is 2. The Morgan fingerprint density at radius 2 is 1.96 bits per heavy atom. The van der Waals surface area contributed by atoms with Crippen molar-refractivity contribution in [3.8, 4) is 11.5 Å². The average Bonchev–Trinajstić information content (AvgIpc) is 2.62. The maximum Gasteiger partial charge on any atom is 0.406 e. The van der Waals surface area contributed by atoms with Crippen LogP contribution in [-0.4, -0.2) is 69.4 Å². The predicted octanol–water partition coefficient (Wildman–Crippen LogP) is 2.04. The van der Waals surface area contributed by atoms with E-state index in [2.05, 4.69) is 15.6 Å². The monoisotopic (exact) mass is 404 g/mol. The Kier molecular flexibility index (Phi) is 9.40. The Hall–Kier alpha value is -2.65. The molecule has 158 valence electrons. The topological polar surface area (TPSA) is 75.2 Å². The molecule has 0 radical (unpaired) electrons. The second-order valence-electron chi connectivity index (χ2n) is 6.05. The molecule has 0 bridgehead atoms. The number of hydrogen-bond acceptors (Lipinski definition) is 4. The number of halogens is 3. The van der Waals surface area contributed by atoms with Gasteiger partial charge in [-0.05, 0) is 26.0 Å². The van der Waals surface area contributed by atoms with Gasteiger partial charge in [0.25, 0.3) is 0 Å². The first-order chi connectivity index (χ1) is 13.1. The van der Waals surface area contributed by atoms with Crippen LogP contribution < -0.4 is 20.1 Å². The summed E-state index contributed by atoms with van der Waals surface area (Å²) < 4.78 is 48.0. The first kappa shape index (κ1) is 23.4. The molecule has 0 aliphatic rings. The number of ether oxygens (including phenoxy) is 2. The van der Waals surface area contributed by atoms with Crippen LogP contribution in [0.15, 0.2) is 29.3 Å². The molecule has 0 saturated heterocycles. The highest BCUT2D eigenvalue weighted by Crippen LogP contribution is 2.19. The van der Waals surface area contributed by atoms with E-state index in [0.717, 1.165) is 7.05 Å². The highest BCUT2D eigenvalue weighted by molar-refractivity contribution is 5.84. The van der Waals surface area contributed by atoms with Gasteiger partial charge < -0.3 is 25.0 Å². The molecule has 10 heteroatoms. The molecular weight excluding hydrogens is 377 g/mol. The molecule has 0 spiro atoms. The van der Waals surface area contributed by atoms with E-state index in [1.807, 2.05) is 19.9 Å². The summed E-state index contributed by atoms with van der Waals surface area (Å²) in [4.78, 5) is 16.4. The zero-order valence-electron chi connectivity index (χ0n) is 16.5. The zero-order valence-corrected chi connectivity index (χ0v) is 16.5. The molecule has 1 rings (SSSR count). The quantitative estimate of drug-likeness (QED) is 0.487. The smallest absolute Gasteiger partial charge is 0.406 e. The van der Waals surface area contributed by atoms with E-state index in [1.54, 1.807) is 25.3 Å². The van der Waals surface area contributed by atoms with E-state index in [-0.39, 0.29) is 6.10 Å². The van der Waals surface area contributed by atoms with Gasteiger partial charge in [-0.1, -0.05) is 6.07 Å². The molecule has 1 aromatic rings. The number of aliphatic imine (C=N–C) groups is 1. The van der Waals surface area contributed by atoms with Crippen LogP contribution in [0.2, 0.25) is 0 Å². The van der Waals surface area contributed by atoms with Gasteiger partial charge in [0.2, 0.25) is 5.91 Å². The maximum absolute atomic E-state index is 12.3. The fraction of sp³-hybridized carbons (Fsp3) is 0.556. The van der Waals surface area contributed by atoms with Crippen LogP contribution in [-0.2, 0) is 4.79 Å². The minimum absolute atomic E-state index is 0.237. The van der Waals surface area contributed by atoms with Crippen molar-refractivity contribution in [2.24, 2.45) is 4.99 Å². The van der Waals surface area contributed by atoms with Gasteiger partial charge in [-0.3, -0.25) is 4.79 Å². The lowest BCUT2D eigenvalue weighted by molar-refractivity contribution is -0.157. The number of guanidine groups is 1. The lowest BCUT2D eigenvalue weighted by Crippen LogP contribution is -2.43. The van der Waals surface area contributed by atoms with Crippen molar-refractivity contribution >= 4 is 11.9 Å². The highest BCUT2D eigenvalue weighted by Gasteiger charge is 2.31. The zero-order chi connectivity index (χ0) is 21.2. The van der Waals surface area contributed by atoms with Gasteiger partial charge in [-0.15, -0.1) is 0 Å². The summed E-state index contributed by atoms with van der Waals surface area (Å²) in [5.74, 6) is 0.904. The molecule has 0 aliphatic carbocycles. The number of hydrogen-bond donors (Lipinski definition) is 2. The SMILES string of the molecule is CCNC(=NCC(=O)N(C)CC(F)(F)F)NCC(C)Oc1cccc(OC)c1. The molecule has 0 saturated carbocycles. The van der Waals surface area contributed by atoms with Gasteiger partial charge in [0, 0.05) is 19.7 Å². The van der Waals surface area contributed by atoms with Crippen LogP contribution in [0.4, 0.5) is 13.2 Å². The third kappa shape index (κ3) is 9.33. The van der Waals surface area contributed by atoms with Gasteiger partial charge in [0.15, 0.2) is 5.96 Å². The Bertz CT molecular complexity index is 653. The predicted molar refractivity (Wildman–Crippen MR) is 101 cm³/mol. The van der Waals surface area contributed by atoms with E-state index in [9.17, 15) is 18.0 Å². The van der Waals surface area contributed by atoms with Gasteiger partial charge >= 0.3 is 6.18 Å². The van der Waals surface area contributed by atoms with Crippen LogP contribution >= 0.6 is 0 Å². The molecular formula is C18H27F3N4O3. The largest absolute Gasteiger partial charge is 0.497 e. The Balaban J connectivity index is 2.56. The molecule has 0 fully saturated rings. The number of nitrogens with one attached hydrogen (secondary N) is 2. The Morgan fingerprint density at radius 3 is 2.57 bits per heavy atom. The van der Waals surface area contributed by atoms with Gasteiger partial charge in [0.1, 0.15) is 30.7 Å². The van der Waals surface area contributed by atoms with Crippen molar-refractivity contribution in [3.63, 3.8) is 0 Å². The van der Waals surface area contributed by atoms with E-state index in [0.29, 0.717) is 35.4 Å². The maximum atomic E-state index is 12.3. The van der Waals surface area contributed by atoms with Gasteiger partial charge in [0.05, 0.1) is 13.7 Å². The second kappa shape index (κ2) is 11.3. The fourth-order valence-corrected chi connectivity index (χ4v) is 2.16. The third-order valence-corrected chi connectivity index (χ3v) is 3.49. The van der Waals surface area contributed by atoms with Crippen LogP contribution in [0.1, 0.15) is 13.8 Å². The number of likely N-dealkylation sites (N-methyl/N-ethyl adjacent to an activating group) is 1. The van der Waals surface area contributed by atoms with E-state index in [1.165, 1.54) is 0 Å². The van der Waals surface area contributed by atoms with E-state index < -0.39 is 25.2 Å². The number of benzene rings is 1. The third-order valence-electron chi connectivity index (χ3n) is 3.49. The summed E-state index contributed by atoms with van der Waals surface area (Å²) >= 11 is 0. The molecule has 7 nitrogen and oxygen atoms in total. The van der Waals surface area contributed by atoms with Gasteiger partial charge in [-0.25, -0.2) is 4.99 Å². The molecule has 1 amide bonds. The van der Waals surface area contributed by atoms with E-state index >= 15 is 0 Å². The van der Waals surface area contributed by atoms with Crippen molar-refractivity contribution in [2.75, 3.05) is 40.3 Å². The fourth-order valence-electron chi connectivity index (χ4n) is 2.16. The first-order valence-electron chi connectivity index (χ1n) is 8.78. The van der Waals surface area contributed by atoms with Crippen molar-refractivity contribution in [3.05, 3.63) is 24.3 Å². The van der Waals surface area contributed by atoms with E-state index in [4.69, 9.17) is 9.47 Å². The Labute approximate surface area is 162 Å². The lowest BCUT2D eigenvalue weighted by atomic mass is 10.3. The molecule has 2 N–H and O–H groups in total. The van der Waals surface area contributed by atoms with Crippen molar-refractivity contribution in [2.45, 2.75) is 26.1 Å². The lowest BCUT2D eigenvalue weighted by Gasteiger charge is -2.19. The summed E-state index contributed by atoms with van der Waals surface area (Å²) in [5, 5.41) is 5.93. The summed E-state index contributed by atoms with van der Waals surface area (Å²) in [5.41, 5.74) is 0. The van der Waals surface area contributed by atoms with Crippen molar-refractivity contribution in [1.82, 2.24) is 15.5 Å². The van der Waals surface area contributed by atoms with Crippen molar-refractivity contribution in [1.29, 1.82) is 0 Å². The molecule has 0 aromatic heterocycles. The van der Waals surface area contributed by atoms with Crippen LogP contribution in [0.3, 0.4) is 0 Å². The number of carbonyl (C=O) groups is 1. The normalized spacial score (nSPS) is 12.9. The van der Waals surface area contributed by atoms with Gasteiger partial charge in [-0.2, -0.15) is 13.2 Å². The summed E-state index contributed by atoms with van der Waals surface area (Å²) in [6.07, 6.45) is -4.68. The minimum atomic E-state index is -4.44. The van der Waals surface area contributed by atoms with Crippen molar-refractivity contribution < 1.29 is 27.4 Å². The summed E-state index contributed by atoms with van der Waals surface area (Å²) in [7, 11) is 2.66. The standard InChI is InChI=1S/C18H27F3N4O3/c1-5-22-17(24-11-16(26)25(3)12-18(19,20)21)23-10-13(2)28-15-8-6-7-14(9-15)27-4/h6-9,13H,5,10-12H2,1-4H3,(H2,22,23,24). The second-order valence-corrected chi connectivity index (χ2v) is 6.05. The number of methoxy groups -OCH3 is 1. The highest BCUT2D eigenvalue weighted by atomic mass is 19.4. The molecule has 0 aliphatic heterocycles. The molecule has 28 heavy (non-hydrogen) atoms. The number of carbonyl (C=O) groups excluding carboxylic acids is 1.